The average Bonchev–Trinajstić information content (AvgIpc) is 2.59. The van der Waals surface area contributed by atoms with E-state index in [0.717, 1.165) is 11.1 Å². The molecule has 1 aliphatic heterocycles. The van der Waals surface area contributed by atoms with E-state index in [4.69, 9.17) is 4.84 Å². The Morgan fingerprint density at radius 2 is 2.20 bits per heavy atom. The van der Waals surface area contributed by atoms with Crippen molar-refractivity contribution >= 4 is 18.1 Å². The molecule has 0 amide bonds. The molecule has 1 aromatic rings. The van der Waals surface area contributed by atoms with Gasteiger partial charge in [-0.3, -0.25) is 10.1 Å². The Morgan fingerprint density at radius 3 is 2.80 bits per heavy atom. The van der Waals surface area contributed by atoms with Crippen LogP contribution in [0.5, 0.6) is 0 Å². The van der Waals surface area contributed by atoms with Crippen LogP contribution in [0.25, 0.3) is 0 Å². The highest BCUT2D eigenvalue weighted by Crippen LogP contribution is 2.30. The van der Waals surface area contributed by atoms with Crippen molar-refractivity contribution < 1.29 is 9.76 Å². The highest BCUT2D eigenvalue weighted by molar-refractivity contribution is 5.85. The number of hydrogen-bond acceptors (Lipinski definition) is 4. The first-order valence-electron chi connectivity index (χ1n) is 4.26. The van der Waals surface area contributed by atoms with Crippen molar-refractivity contribution in [3.8, 4) is 0 Å². The number of hydrogen-bond donors (Lipinski definition) is 0. The Labute approximate surface area is 93.2 Å². The van der Waals surface area contributed by atoms with Gasteiger partial charge in [0.25, 0.3) is 5.69 Å². The number of hydroxylamine groups is 2. The molecule has 0 atom stereocenters. The van der Waals surface area contributed by atoms with Gasteiger partial charge < -0.3 is 4.84 Å². The molecular weight excluding hydrogens is 220 g/mol. The van der Waals surface area contributed by atoms with Gasteiger partial charge in [0.15, 0.2) is 0 Å². The third kappa shape index (κ3) is 2.09. The summed E-state index contributed by atoms with van der Waals surface area (Å²) >= 11 is 0. The Kier molecular flexibility index (Phi) is 3.62. The fourth-order valence-electron chi connectivity index (χ4n) is 1.67. The van der Waals surface area contributed by atoms with Crippen LogP contribution >= 0.6 is 12.4 Å². The maximum atomic E-state index is 10.7. The molecular formula is C9H11ClN2O3. The number of nitro groups is 1. The van der Waals surface area contributed by atoms with E-state index in [1.807, 2.05) is 6.07 Å². The van der Waals surface area contributed by atoms with Crippen LogP contribution in [-0.4, -0.2) is 17.1 Å². The first-order chi connectivity index (χ1) is 6.72. The van der Waals surface area contributed by atoms with E-state index in [-0.39, 0.29) is 23.0 Å². The van der Waals surface area contributed by atoms with Gasteiger partial charge in [-0.15, -0.1) is 12.4 Å². The molecule has 5 nitrogen and oxygen atoms in total. The predicted molar refractivity (Wildman–Crippen MR) is 56.6 cm³/mol. The van der Waals surface area contributed by atoms with Crippen molar-refractivity contribution in [1.29, 1.82) is 0 Å². The summed E-state index contributed by atoms with van der Waals surface area (Å²) in [6.45, 7) is 1.11. The van der Waals surface area contributed by atoms with Crippen LogP contribution in [0, 0.1) is 10.1 Å². The number of halogens is 1. The first-order valence-corrected chi connectivity index (χ1v) is 4.26. The smallest absolute Gasteiger partial charge is 0.274 e. The number of nitro benzene ring substituents is 1. The third-order valence-electron chi connectivity index (χ3n) is 2.38. The molecule has 1 aliphatic rings. The highest BCUT2D eigenvalue weighted by Gasteiger charge is 2.26. The van der Waals surface area contributed by atoms with Gasteiger partial charge in [0.05, 0.1) is 30.7 Å². The van der Waals surface area contributed by atoms with Crippen molar-refractivity contribution in [3.05, 3.63) is 39.4 Å². The van der Waals surface area contributed by atoms with Gasteiger partial charge in [0, 0.05) is 6.07 Å². The van der Waals surface area contributed by atoms with Gasteiger partial charge in [-0.05, 0) is 5.56 Å². The van der Waals surface area contributed by atoms with Crippen LogP contribution in [0.3, 0.4) is 0 Å². The van der Waals surface area contributed by atoms with Crippen LogP contribution in [0.4, 0.5) is 5.69 Å². The maximum absolute atomic E-state index is 10.7. The van der Waals surface area contributed by atoms with Crippen molar-refractivity contribution in [2.75, 3.05) is 7.11 Å². The summed E-state index contributed by atoms with van der Waals surface area (Å²) in [4.78, 5) is 15.4. The standard InChI is InChI=1S/C9H10N2O3.ClH/c1-14-10-5-7-3-2-4-9(11(12)13)8(7)6-10;/h2-4H,5-6H2,1H3;1H. The van der Waals surface area contributed by atoms with E-state index < -0.39 is 0 Å². The lowest BCUT2D eigenvalue weighted by Gasteiger charge is -2.09. The highest BCUT2D eigenvalue weighted by atomic mass is 35.5. The molecule has 0 bridgehead atoms. The lowest BCUT2D eigenvalue weighted by molar-refractivity contribution is -0.385. The van der Waals surface area contributed by atoms with Crippen molar-refractivity contribution in [2.45, 2.75) is 13.1 Å². The van der Waals surface area contributed by atoms with Gasteiger partial charge >= 0.3 is 0 Å². The lowest BCUT2D eigenvalue weighted by atomic mass is 10.1. The van der Waals surface area contributed by atoms with Crippen LogP contribution < -0.4 is 0 Å². The largest absolute Gasteiger partial charge is 0.302 e. The molecule has 0 radical (unpaired) electrons. The lowest BCUT2D eigenvalue weighted by Crippen LogP contribution is -2.13. The minimum Gasteiger partial charge on any atom is -0.302 e. The second-order valence-electron chi connectivity index (χ2n) is 3.15. The molecule has 0 spiro atoms. The second-order valence-corrected chi connectivity index (χ2v) is 3.15. The van der Waals surface area contributed by atoms with Crippen molar-refractivity contribution in [1.82, 2.24) is 5.06 Å². The average molecular weight is 231 g/mol. The topological polar surface area (TPSA) is 55.6 Å². The second kappa shape index (κ2) is 4.57. The summed E-state index contributed by atoms with van der Waals surface area (Å²) in [7, 11) is 1.57. The fourth-order valence-corrected chi connectivity index (χ4v) is 1.67. The SMILES string of the molecule is CON1Cc2cccc([N+](=O)[O-])c2C1.Cl. The Hall–Kier alpha value is -1.17. The molecule has 0 saturated carbocycles. The predicted octanol–water partition coefficient (Wildman–Crippen LogP) is 1.89. The zero-order valence-electron chi connectivity index (χ0n) is 8.17. The Morgan fingerprint density at radius 1 is 1.47 bits per heavy atom. The monoisotopic (exact) mass is 230 g/mol. The van der Waals surface area contributed by atoms with E-state index in [0.29, 0.717) is 13.1 Å². The summed E-state index contributed by atoms with van der Waals surface area (Å²) in [5, 5.41) is 12.4. The van der Waals surface area contributed by atoms with Crippen molar-refractivity contribution in [2.24, 2.45) is 0 Å². The molecule has 0 aliphatic carbocycles. The molecule has 82 valence electrons. The summed E-state index contributed by atoms with van der Waals surface area (Å²) in [5.74, 6) is 0. The normalized spacial score (nSPS) is 14.5. The Bertz CT molecular complexity index is 384. The van der Waals surface area contributed by atoms with Crippen LogP contribution in [0.15, 0.2) is 18.2 Å². The van der Waals surface area contributed by atoms with Crippen LogP contribution in [0.1, 0.15) is 11.1 Å². The van der Waals surface area contributed by atoms with Gasteiger partial charge in [0.2, 0.25) is 0 Å². The Balaban J connectivity index is 0.00000112. The molecule has 0 saturated heterocycles. The fraction of sp³-hybridized carbons (Fsp3) is 0.333. The first kappa shape index (κ1) is 11.9. The molecule has 0 fully saturated rings. The summed E-state index contributed by atoms with van der Waals surface area (Å²) in [5.41, 5.74) is 1.92. The molecule has 0 unspecified atom stereocenters. The van der Waals surface area contributed by atoms with E-state index in [9.17, 15) is 10.1 Å². The molecule has 0 N–H and O–H groups in total. The zero-order chi connectivity index (χ0) is 10.1. The summed E-state index contributed by atoms with van der Waals surface area (Å²) < 4.78 is 0. The summed E-state index contributed by atoms with van der Waals surface area (Å²) in [6, 6.07) is 5.12. The van der Waals surface area contributed by atoms with Gasteiger partial charge in [-0.25, -0.2) is 0 Å². The third-order valence-corrected chi connectivity index (χ3v) is 2.38. The summed E-state index contributed by atoms with van der Waals surface area (Å²) in [6.07, 6.45) is 0. The van der Waals surface area contributed by atoms with E-state index in [1.54, 1.807) is 18.2 Å². The van der Waals surface area contributed by atoms with Gasteiger partial charge in [0.1, 0.15) is 0 Å². The van der Waals surface area contributed by atoms with Gasteiger partial charge in [-0.1, -0.05) is 12.1 Å². The minimum atomic E-state index is -0.349. The van der Waals surface area contributed by atoms with Crippen LogP contribution in [0.2, 0.25) is 0 Å². The number of benzene rings is 1. The van der Waals surface area contributed by atoms with E-state index in [1.165, 1.54) is 6.07 Å². The maximum Gasteiger partial charge on any atom is 0.274 e. The quantitative estimate of drug-likeness (QED) is 0.575. The van der Waals surface area contributed by atoms with Crippen molar-refractivity contribution in [3.63, 3.8) is 0 Å². The molecule has 1 heterocycles. The number of rotatable bonds is 2. The van der Waals surface area contributed by atoms with Crippen LogP contribution in [-0.2, 0) is 17.9 Å². The molecule has 0 aromatic heterocycles. The molecule has 15 heavy (non-hydrogen) atoms. The van der Waals surface area contributed by atoms with E-state index >= 15 is 0 Å². The van der Waals surface area contributed by atoms with Gasteiger partial charge in [-0.2, -0.15) is 5.06 Å². The molecule has 1 aromatic carbocycles. The minimum absolute atomic E-state index is 0. The van der Waals surface area contributed by atoms with E-state index in [2.05, 4.69) is 0 Å². The number of nitrogens with zero attached hydrogens (tertiary/aromatic N) is 2. The number of fused-ring (bicyclic) bond motifs is 1. The zero-order valence-corrected chi connectivity index (χ0v) is 8.99. The molecule has 2 rings (SSSR count). The molecule has 6 heteroatoms.